The maximum absolute atomic E-state index is 10.0. The molecule has 16 heavy (non-hydrogen) atoms. The number of benzene rings is 1. The van der Waals surface area contributed by atoms with E-state index in [1.807, 2.05) is 19.9 Å². The van der Waals surface area contributed by atoms with Crippen LogP contribution in [-0.4, -0.2) is 16.2 Å². The topological polar surface area (TPSA) is 84.3 Å². The molecule has 0 unspecified atom stereocenters. The van der Waals surface area contributed by atoms with Crippen LogP contribution >= 0.6 is 0 Å². The Morgan fingerprint density at radius 1 is 1.06 bits per heavy atom. The summed E-state index contributed by atoms with van der Waals surface area (Å²) in [6.45, 7) is 7.39. The number of hydrogen-bond acceptors (Lipinski definition) is 4. The van der Waals surface area contributed by atoms with Gasteiger partial charge < -0.3 is 21.9 Å². The first kappa shape index (κ1) is 12.6. The van der Waals surface area contributed by atoms with Gasteiger partial charge in [-0.1, -0.05) is 0 Å². The van der Waals surface area contributed by atoms with E-state index >= 15 is 0 Å². The van der Waals surface area contributed by atoms with Gasteiger partial charge in [-0.05, 0) is 45.9 Å². The van der Waals surface area contributed by atoms with Crippen molar-refractivity contribution < 1.29 is 5.11 Å². The van der Waals surface area contributed by atoms with Gasteiger partial charge in [0.25, 0.3) is 0 Å². The number of nitrogen functional groups attached to an aromatic ring is 2. The molecule has 0 amide bonds. The maximum atomic E-state index is 10.0. The molecule has 0 spiro atoms. The lowest BCUT2D eigenvalue weighted by Gasteiger charge is -2.39. The van der Waals surface area contributed by atoms with Crippen LogP contribution < -0.4 is 16.8 Å². The van der Waals surface area contributed by atoms with Crippen molar-refractivity contribution in [3.8, 4) is 0 Å². The molecule has 0 heterocycles. The Balaban J connectivity index is 2.93. The average molecular weight is 223 g/mol. The Hall–Kier alpha value is -1.42. The fraction of sp³-hybridized carbons (Fsp3) is 0.500. The van der Waals surface area contributed by atoms with Crippen LogP contribution in [0.2, 0.25) is 0 Å². The SMILES string of the molecule is CC(C)(O)C(C)(C)Nc1ccc(N)c(N)c1. The Kier molecular flexibility index (Phi) is 3.06. The first-order valence-corrected chi connectivity index (χ1v) is 5.29. The van der Waals surface area contributed by atoms with Gasteiger partial charge in [0.2, 0.25) is 0 Å². The lowest BCUT2D eigenvalue weighted by atomic mass is 9.86. The van der Waals surface area contributed by atoms with Crippen molar-refractivity contribution in [3.05, 3.63) is 18.2 Å². The molecule has 0 aliphatic rings. The van der Waals surface area contributed by atoms with Gasteiger partial charge in [-0.25, -0.2) is 0 Å². The zero-order chi connectivity index (χ0) is 12.6. The summed E-state index contributed by atoms with van der Waals surface area (Å²) in [6, 6.07) is 5.36. The van der Waals surface area contributed by atoms with Crippen LogP contribution in [0.4, 0.5) is 17.1 Å². The normalized spacial score (nSPS) is 12.6. The molecule has 1 aromatic carbocycles. The number of hydrogen-bond donors (Lipinski definition) is 4. The highest BCUT2D eigenvalue weighted by Crippen LogP contribution is 2.28. The van der Waals surface area contributed by atoms with E-state index in [1.165, 1.54) is 0 Å². The van der Waals surface area contributed by atoms with E-state index in [2.05, 4.69) is 5.32 Å². The molecular weight excluding hydrogens is 202 g/mol. The van der Waals surface area contributed by atoms with Gasteiger partial charge >= 0.3 is 0 Å². The van der Waals surface area contributed by atoms with Gasteiger partial charge in [0.05, 0.1) is 22.5 Å². The molecule has 0 aliphatic heterocycles. The van der Waals surface area contributed by atoms with Crippen LogP contribution in [0, 0.1) is 0 Å². The van der Waals surface area contributed by atoms with E-state index in [0.717, 1.165) is 5.69 Å². The summed E-state index contributed by atoms with van der Waals surface area (Å²) in [5.41, 5.74) is 12.0. The molecule has 4 heteroatoms. The Bertz CT molecular complexity index is 380. The van der Waals surface area contributed by atoms with Crippen molar-refractivity contribution in [1.29, 1.82) is 0 Å². The zero-order valence-corrected chi connectivity index (χ0v) is 10.3. The molecule has 0 saturated heterocycles. The van der Waals surface area contributed by atoms with E-state index in [-0.39, 0.29) is 0 Å². The summed E-state index contributed by atoms with van der Waals surface area (Å²) in [6.07, 6.45) is 0. The Morgan fingerprint density at radius 3 is 2.06 bits per heavy atom. The fourth-order valence-electron chi connectivity index (χ4n) is 1.17. The van der Waals surface area contributed by atoms with Gasteiger partial charge in [-0.2, -0.15) is 0 Å². The minimum Gasteiger partial charge on any atom is -0.397 e. The smallest absolute Gasteiger partial charge is 0.0814 e. The molecule has 6 N–H and O–H groups in total. The first-order valence-electron chi connectivity index (χ1n) is 5.29. The minimum absolute atomic E-state index is 0.463. The third-order valence-corrected chi connectivity index (χ3v) is 3.07. The van der Waals surface area contributed by atoms with Crippen LogP contribution in [0.25, 0.3) is 0 Å². The quantitative estimate of drug-likeness (QED) is 0.589. The summed E-state index contributed by atoms with van der Waals surface area (Å²) in [4.78, 5) is 0. The maximum Gasteiger partial charge on any atom is 0.0814 e. The van der Waals surface area contributed by atoms with Crippen LogP contribution in [0.1, 0.15) is 27.7 Å². The molecule has 90 valence electrons. The van der Waals surface area contributed by atoms with Crippen molar-refractivity contribution >= 4 is 17.1 Å². The predicted octanol–water partition coefficient (Wildman–Crippen LogP) is 1.81. The molecule has 0 radical (unpaired) electrons. The largest absolute Gasteiger partial charge is 0.397 e. The van der Waals surface area contributed by atoms with Crippen LogP contribution in [0.5, 0.6) is 0 Å². The molecule has 0 atom stereocenters. The van der Waals surface area contributed by atoms with Crippen LogP contribution in [-0.2, 0) is 0 Å². The van der Waals surface area contributed by atoms with E-state index in [4.69, 9.17) is 11.5 Å². The predicted molar refractivity (Wildman–Crippen MR) is 69.3 cm³/mol. The molecule has 4 nitrogen and oxygen atoms in total. The zero-order valence-electron chi connectivity index (χ0n) is 10.3. The molecular formula is C12H21N3O. The number of nitrogens with one attached hydrogen (secondary N) is 1. The van der Waals surface area contributed by atoms with Gasteiger partial charge in [0.15, 0.2) is 0 Å². The molecule has 0 bridgehead atoms. The molecule has 0 saturated carbocycles. The van der Waals surface area contributed by atoms with Gasteiger partial charge in [0, 0.05) is 5.69 Å². The van der Waals surface area contributed by atoms with Crippen LogP contribution in [0.3, 0.4) is 0 Å². The van der Waals surface area contributed by atoms with E-state index in [0.29, 0.717) is 11.4 Å². The molecule has 0 aliphatic carbocycles. The van der Waals surface area contributed by atoms with Crippen molar-refractivity contribution in [1.82, 2.24) is 0 Å². The summed E-state index contributed by atoms with van der Waals surface area (Å²) in [5.74, 6) is 0. The van der Waals surface area contributed by atoms with Gasteiger partial charge in [0.1, 0.15) is 0 Å². The average Bonchev–Trinajstić information content (AvgIpc) is 2.09. The lowest BCUT2D eigenvalue weighted by molar-refractivity contribution is 0.0240. The Labute approximate surface area is 96.6 Å². The highest BCUT2D eigenvalue weighted by molar-refractivity contribution is 5.69. The number of nitrogens with two attached hydrogens (primary N) is 2. The van der Waals surface area contributed by atoms with Gasteiger partial charge in [-0.15, -0.1) is 0 Å². The molecule has 1 aromatic rings. The minimum atomic E-state index is -0.844. The third kappa shape index (κ3) is 2.58. The number of rotatable bonds is 3. The van der Waals surface area contributed by atoms with E-state index in [9.17, 15) is 5.11 Å². The molecule has 0 fully saturated rings. The van der Waals surface area contributed by atoms with Crippen molar-refractivity contribution in [2.45, 2.75) is 38.8 Å². The second-order valence-electron chi connectivity index (χ2n) is 5.15. The molecule has 0 aromatic heterocycles. The second-order valence-corrected chi connectivity index (χ2v) is 5.15. The first-order chi connectivity index (χ1) is 7.13. The monoisotopic (exact) mass is 223 g/mol. The Morgan fingerprint density at radius 2 is 1.62 bits per heavy atom. The van der Waals surface area contributed by atoms with Crippen molar-refractivity contribution in [3.63, 3.8) is 0 Å². The summed E-state index contributed by atoms with van der Waals surface area (Å²) in [7, 11) is 0. The number of aliphatic hydroxyl groups is 1. The molecule has 1 rings (SSSR count). The van der Waals surface area contributed by atoms with Crippen molar-refractivity contribution in [2.75, 3.05) is 16.8 Å². The summed E-state index contributed by atoms with van der Waals surface area (Å²) >= 11 is 0. The highest BCUT2D eigenvalue weighted by atomic mass is 16.3. The summed E-state index contributed by atoms with van der Waals surface area (Å²) < 4.78 is 0. The number of anilines is 3. The van der Waals surface area contributed by atoms with Gasteiger partial charge in [-0.3, -0.25) is 0 Å². The highest BCUT2D eigenvalue weighted by Gasteiger charge is 2.34. The second kappa shape index (κ2) is 3.87. The third-order valence-electron chi connectivity index (χ3n) is 3.07. The summed E-state index contributed by atoms with van der Waals surface area (Å²) in [5, 5.41) is 13.3. The van der Waals surface area contributed by atoms with Crippen LogP contribution in [0.15, 0.2) is 18.2 Å². The standard InChI is InChI=1S/C12H21N3O/c1-11(2,12(3,4)16)15-8-5-6-9(13)10(14)7-8/h5-7,15-16H,13-14H2,1-4H3. The van der Waals surface area contributed by atoms with E-state index in [1.54, 1.807) is 26.0 Å². The van der Waals surface area contributed by atoms with E-state index < -0.39 is 11.1 Å². The van der Waals surface area contributed by atoms with Crippen molar-refractivity contribution in [2.24, 2.45) is 0 Å². The lowest BCUT2D eigenvalue weighted by Crippen LogP contribution is -2.51. The fourth-order valence-corrected chi connectivity index (χ4v) is 1.17.